The normalized spacial score (nSPS) is 12.3. The Hall–Kier alpha value is -3.24. The topological polar surface area (TPSA) is 84.3 Å². The van der Waals surface area contributed by atoms with Crippen LogP contribution in [0.5, 0.6) is 5.75 Å². The van der Waals surface area contributed by atoms with Crippen LogP contribution in [0.15, 0.2) is 48.5 Å². The molecule has 0 bridgehead atoms. The Morgan fingerprint density at radius 2 is 1.78 bits per heavy atom. The Bertz CT molecular complexity index is 1120. The van der Waals surface area contributed by atoms with Gasteiger partial charge in [0.2, 0.25) is 0 Å². The number of alkyl halides is 3. The third-order valence-corrected chi connectivity index (χ3v) is 4.46. The van der Waals surface area contributed by atoms with Crippen molar-refractivity contribution >= 4 is 17.5 Å². The number of aliphatic hydroxyl groups is 1. The van der Waals surface area contributed by atoms with Crippen LogP contribution in [0.1, 0.15) is 17.4 Å². The molecule has 6 nitrogen and oxygen atoms in total. The molecule has 3 aromatic rings. The van der Waals surface area contributed by atoms with E-state index in [1.807, 2.05) is 0 Å². The molecule has 0 aliphatic heterocycles. The summed E-state index contributed by atoms with van der Waals surface area (Å²) in [4.78, 5) is 21.1. The van der Waals surface area contributed by atoms with E-state index < -0.39 is 29.9 Å². The summed E-state index contributed by atoms with van der Waals surface area (Å²) < 4.78 is 54.6. The van der Waals surface area contributed by atoms with Crippen molar-refractivity contribution in [3.63, 3.8) is 0 Å². The summed E-state index contributed by atoms with van der Waals surface area (Å²) >= 11 is 5.84. The molecule has 3 rings (SSSR count). The van der Waals surface area contributed by atoms with E-state index in [1.165, 1.54) is 30.3 Å². The van der Waals surface area contributed by atoms with E-state index in [2.05, 4.69) is 20.0 Å². The van der Waals surface area contributed by atoms with Crippen LogP contribution in [0.25, 0.3) is 22.6 Å². The second-order valence-corrected chi connectivity index (χ2v) is 7.13. The number of aromatic nitrogens is 2. The highest BCUT2D eigenvalue weighted by atomic mass is 35.5. The molecule has 0 radical (unpaired) electrons. The van der Waals surface area contributed by atoms with Gasteiger partial charge in [-0.3, -0.25) is 4.79 Å². The monoisotopic (exact) mass is 469 g/mol. The third kappa shape index (κ3) is 5.92. The minimum absolute atomic E-state index is 0.0434. The van der Waals surface area contributed by atoms with Gasteiger partial charge in [-0.25, -0.2) is 14.4 Å². The number of carbonyl (C=O) groups is 1. The predicted octanol–water partition coefficient (Wildman–Crippen LogP) is 4.61. The Morgan fingerprint density at radius 3 is 2.38 bits per heavy atom. The average Bonchev–Trinajstić information content (AvgIpc) is 2.74. The fourth-order valence-corrected chi connectivity index (χ4v) is 2.83. The maximum atomic E-state index is 13.6. The number of aliphatic hydroxyl groups excluding tert-OH is 1. The van der Waals surface area contributed by atoms with E-state index in [-0.39, 0.29) is 28.8 Å². The highest BCUT2D eigenvalue weighted by Gasteiger charge is 2.31. The lowest BCUT2D eigenvalue weighted by molar-refractivity contribution is -0.274. The largest absolute Gasteiger partial charge is 0.573 e. The summed E-state index contributed by atoms with van der Waals surface area (Å²) in [6.07, 6.45) is -4.83. The first-order valence-corrected chi connectivity index (χ1v) is 9.56. The van der Waals surface area contributed by atoms with Crippen LogP contribution < -0.4 is 10.1 Å². The third-order valence-electron chi connectivity index (χ3n) is 4.17. The smallest absolute Gasteiger partial charge is 0.406 e. The second kappa shape index (κ2) is 9.49. The van der Waals surface area contributed by atoms with Gasteiger partial charge in [-0.1, -0.05) is 11.6 Å². The number of rotatable bonds is 6. The molecular formula is C21H16ClF4N3O3. The van der Waals surface area contributed by atoms with Crippen LogP contribution in [0.2, 0.25) is 5.02 Å². The van der Waals surface area contributed by atoms with Crippen LogP contribution >= 0.6 is 11.6 Å². The lowest BCUT2D eigenvalue weighted by Crippen LogP contribution is -2.35. The van der Waals surface area contributed by atoms with E-state index in [0.717, 1.165) is 18.2 Å². The summed E-state index contributed by atoms with van der Waals surface area (Å²) in [5, 5.41) is 11.5. The SMILES string of the molecule is C[C@@H](CO)NC(=O)c1cc(-c2ccc(OC(F)(F)F)cc2)nc(-c2ccc(F)c(Cl)c2)n1. The van der Waals surface area contributed by atoms with Crippen molar-refractivity contribution in [2.24, 2.45) is 0 Å². The van der Waals surface area contributed by atoms with E-state index in [1.54, 1.807) is 6.92 Å². The number of amides is 1. The summed E-state index contributed by atoms with van der Waals surface area (Å²) in [6.45, 7) is 1.28. The fraction of sp³-hybridized carbons (Fsp3) is 0.190. The lowest BCUT2D eigenvalue weighted by Gasteiger charge is -2.13. The van der Waals surface area contributed by atoms with Crippen molar-refractivity contribution < 1.29 is 32.2 Å². The Morgan fingerprint density at radius 1 is 1.12 bits per heavy atom. The number of ether oxygens (including phenoxy) is 1. The van der Waals surface area contributed by atoms with E-state index in [9.17, 15) is 22.4 Å². The van der Waals surface area contributed by atoms with Gasteiger partial charge in [-0.05, 0) is 55.5 Å². The maximum Gasteiger partial charge on any atom is 0.573 e. The average molecular weight is 470 g/mol. The molecule has 0 saturated carbocycles. The molecule has 1 aromatic heterocycles. The molecule has 1 amide bonds. The molecular weight excluding hydrogens is 454 g/mol. The number of halogens is 5. The van der Waals surface area contributed by atoms with Gasteiger partial charge in [0.05, 0.1) is 17.3 Å². The molecule has 11 heteroatoms. The Labute approximate surface area is 184 Å². The van der Waals surface area contributed by atoms with E-state index in [0.29, 0.717) is 11.1 Å². The van der Waals surface area contributed by atoms with Crippen molar-refractivity contribution in [3.8, 4) is 28.4 Å². The van der Waals surface area contributed by atoms with Gasteiger partial charge in [-0.2, -0.15) is 0 Å². The van der Waals surface area contributed by atoms with Gasteiger partial charge in [0.15, 0.2) is 5.82 Å². The molecule has 2 N–H and O–H groups in total. The van der Waals surface area contributed by atoms with Crippen LogP contribution in [0.4, 0.5) is 17.6 Å². The van der Waals surface area contributed by atoms with Gasteiger partial charge in [0.1, 0.15) is 17.3 Å². The Balaban J connectivity index is 2.05. The number of hydrogen-bond acceptors (Lipinski definition) is 5. The van der Waals surface area contributed by atoms with E-state index >= 15 is 0 Å². The molecule has 1 atom stereocenters. The molecule has 0 saturated heterocycles. The number of carbonyl (C=O) groups excluding carboxylic acids is 1. The lowest BCUT2D eigenvalue weighted by atomic mass is 10.1. The van der Waals surface area contributed by atoms with Gasteiger partial charge >= 0.3 is 6.36 Å². The summed E-state index contributed by atoms with van der Waals surface area (Å²) in [7, 11) is 0. The zero-order valence-electron chi connectivity index (χ0n) is 16.5. The minimum atomic E-state index is -4.83. The van der Waals surface area contributed by atoms with Crippen LogP contribution in [-0.2, 0) is 0 Å². The molecule has 0 aliphatic carbocycles. The van der Waals surface area contributed by atoms with Crippen molar-refractivity contribution in [2.75, 3.05) is 6.61 Å². The quantitative estimate of drug-likeness (QED) is 0.515. The number of hydrogen-bond donors (Lipinski definition) is 2. The first-order chi connectivity index (χ1) is 15.1. The second-order valence-electron chi connectivity index (χ2n) is 6.72. The number of benzene rings is 2. The Kier molecular flexibility index (Phi) is 6.95. The highest BCUT2D eigenvalue weighted by molar-refractivity contribution is 6.31. The molecule has 0 fully saturated rings. The number of nitrogens with one attached hydrogen (secondary N) is 1. The molecule has 168 valence electrons. The van der Waals surface area contributed by atoms with Gasteiger partial charge in [-0.15, -0.1) is 13.2 Å². The van der Waals surface area contributed by atoms with Gasteiger partial charge in [0.25, 0.3) is 5.91 Å². The van der Waals surface area contributed by atoms with E-state index in [4.69, 9.17) is 16.7 Å². The summed E-state index contributed by atoms with van der Waals surface area (Å²) in [6, 6.07) is 9.44. The first-order valence-electron chi connectivity index (χ1n) is 9.18. The molecule has 2 aromatic carbocycles. The summed E-state index contributed by atoms with van der Waals surface area (Å²) in [5.41, 5.74) is 0.845. The van der Waals surface area contributed by atoms with Crippen LogP contribution in [0.3, 0.4) is 0 Å². The molecule has 32 heavy (non-hydrogen) atoms. The van der Waals surface area contributed by atoms with Gasteiger partial charge < -0.3 is 15.2 Å². The predicted molar refractivity (Wildman–Crippen MR) is 109 cm³/mol. The number of nitrogens with zero attached hydrogens (tertiary/aromatic N) is 2. The zero-order chi connectivity index (χ0) is 23.5. The molecule has 0 aliphatic rings. The molecule has 0 spiro atoms. The highest BCUT2D eigenvalue weighted by Crippen LogP contribution is 2.28. The standard InChI is InChI=1S/C21H16ClF4N3O3/c1-11(10-30)27-20(31)18-9-17(12-2-5-14(6-3-12)32-21(24,25)26)28-19(29-18)13-4-7-16(23)15(22)8-13/h2-9,11,30H,10H2,1H3,(H,27,31)/t11-/m0/s1. The van der Waals surface area contributed by atoms with Crippen LogP contribution in [-0.4, -0.2) is 40.0 Å². The van der Waals surface area contributed by atoms with Gasteiger partial charge in [0, 0.05) is 17.2 Å². The first kappa shape index (κ1) is 23.4. The van der Waals surface area contributed by atoms with Crippen molar-refractivity contribution in [2.45, 2.75) is 19.3 Å². The summed E-state index contributed by atoms with van der Waals surface area (Å²) in [5.74, 6) is -1.64. The van der Waals surface area contributed by atoms with Crippen molar-refractivity contribution in [3.05, 3.63) is 65.1 Å². The minimum Gasteiger partial charge on any atom is -0.406 e. The zero-order valence-corrected chi connectivity index (χ0v) is 17.2. The maximum absolute atomic E-state index is 13.6. The fourth-order valence-electron chi connectivity index (χ4n) is 2.65. The van der Waals surface area contributed by atoms with Crippen molar-refractivity contribution in [1.82, 2.24) is 15.3 Å². The van der Waals surface area contributed by atoms with Crippen molar-refractivity contribution in [1.29, 1.82) is 0 Å². The molecule has 0 unspecified atom stereocenters. The van der Waals surface area contributed by atoms with Crippen LogP contribution in [0, 0.1) is 5.82 Å². The molecule has 1 heterocycles.